The highest BCUT2D eigenvalue weighted by Crippen LogP contribution is 2.33. The quantitative estimate of drug-likeness (QED) is 0.858. The summed E-state index contributed by atoms with van der Waals surface area (Å²) in [7, 11) is 1.39. The minimum atomic E-state index is -4.34. The fourth-order valence-electron chi connectivity index (χ4n) is 1.99. The third-order valence-corrected chi connectivity index (χ3v) is 3.45. The van der Waals surface area contributed by atoms with Crippen molar-refractivity contribution in [2.75, 3.05) is 7.11 Å². The number of benzene rings is 1. The minimum Gasteiger partial charge on any atom is -0.496 e. The first-order chi connectivity index (χ1) is 9.25. The predicted molar refractivity (Wildman–Crippen MR) is 73.7 cm³/mol. The van der Waals surface area contributed by atoms with Crippen LogP contribution < -0.4 is 10.5 Å². The van der Waals surface area contributed by atoms with Gasteiger partial charge < -0.3 is 10.5 Å². The van der Waals surface area contributed by atoms with Gasteiger partial charge >= 0.3 is 6.18 Å². The molecule has 0 aliphatic carbocycles. The number of hydrogen-bond donors (Lipinski definition) is 1. The van der Waals surface area contributed by atoms with E-state index in [-0.39, 0.29) is 11.8 Å². The third kappa shape index (κ3) is 4.71. The monoisotopic (exact) mass is 289 g/mol. The topological polar surface area (TPSA) is 35.2 Å². The number of alkyl halides is 3. The van der Waals surface area contributed by atoms with E-state index in [1.54, 1.807) is 0 Å². The van der Waals surface area contributed by atoms with Crippen molar-refractivity contribution in [3.8, 4) is 5.75 Å². The molecule has 1 atom stereocenters. The Kier molecular flexibility index (Phi) is 5.87. The molecular weight excluding hydrogens is 267 g/mol. The highest BCUT2D eigenvalue weighted by Gasteiger charge is 2.31. The van der Waals surface area contributed by atoms with E-state index in [9.17, 15) is 13.2 Å². The summed E-state index contributed by atoms with van der Waals surface area (Å²) in [5.74, 6) is 0.697. The van der Waals surface area contributed by atoms with Gasteiger partial charge in [0.25, 0.3) is 0 Å². The van der Waals surface area contributed by atoms with Gasteiger partial charge in [-0.1, -0.05) is 19.9 Å². The first-order valence-electron chi connectivity index (χ1n) is 6.75. The van der Waals surface area contributed by atoms with Gasteiger partial charge in [0, 0.05) is 6.04 Å². The zero-order valence-electron chi connectivity index (χ0n) is 12.1. The lowest BCUT2D eigenvalue weighted by Crippen LogP contribution is -2.26. The smallest absolute Gasteiger partial charge is 0.416 e. The molecule has 1 rings (SSSR count). The molecule has 114 valence electrons. The standard InChI is InChI=1S/C15H22F3NO/c1-10(2)13(19)6-4-5-11-7-8-12(15(16,17)18)9-14(11)20-3/h7-10,13H,4-6,19H2,1-3H3. The van der Waals surface area contributed by atoms with Gasteiger partial charge in [-0.05, 0) is 42.9 Å². The van der Waals surface area contributed by atoms with E-state index in [0.29, 0.717) is 12.3 Å². The number of rotatable bonds is 6. The number of nitrogens with two attached hydrogens (primary N) is 1. The van der Waals surface area contributed by atoms with Crippen molar-refractivity contribution in [2.45, 2.75) is 45.3 Å². The van der Waals surface area contributed by atoms with Crippen LogP contribution in [0.1, 0.15) is 37.8 Å². The lowest BCUT2D eigenvalue weighted by atomic mass is 9.97. The van der Waals surface area contributed by atoms with Gasteiger partial charge in [0.2, 0.25) is 0 Å². The predicted octanol–water partition coefficient (Wildman–Crippen LogP) is 4.02. The minimum absolute atomic E-state index is 0.121. The Bertz CT molecular complexity index is 430. The molecule has 2 nitrogen and oxygen atoms in total. The molecule has 0 aliphatic heterocycles. The zero-order chi connectivity index (χ0) is 15.3. The number of ether oxygens (including phenoxy) is 1. The summed E-state index contributed by atoms with van der Waals surface area (Å²) >= 11 is 0. The van der Waals surface area contributed by atoms with Crippen molar-refractivity contribution in [3.05, 3.63) is 29.3 Å². The Hall–Kier alpha value is -1.23. The van der Waals surface area contributed by atoms with Crippen LogP contribution in [0.15, 0.2) is 18.2 Å². The van der Waals surface area contributed by atoms with Crippen LogP contribution in [0.3, 0.4) is 0 Å². The molecule has 0 spiro atoms. The molecule has 20 heavy (non-hydrogen) atoms. The van der Waals surface area contributed by atoms with Crippen LogP contribution in [-0.4, -0.2) is 13.2 Å². The maximum Gasteiger partial charge on any atom is 0.416 e. The largest absolute Gasteiger partial charge is 0.496 e. The van der Waals surface area contributed by atoms with Crippen LogP contribution >= 0.6 is 0 Å². The molecule has 0 aromatic heterocycles. The second-order valence-electron chi connectivity index (χ2n) is 5.32. The second kappa shape index (κ2) is 6.97. The summed E-state index contributed by atoms with van der Waals surface area (Å²) < 4.78 is 42.9. The lowest BCUT2D eigenvalue weighted by Gasteiger charge is -2.16. The fraction of sp³-hybridized carbons (Fsp3) is 0.600. The third-order valence-electron chi connectivity index (χ3n) is 3.45. The van der Waals surface area contributed by atoms with Crippen molar-refractivity contribution < 1.29 is 17.9 Å². The second-order valence-corrected chi connectivity index (χ2v) is 5.32. The molecule has 1 aromatic rings. The van der Waals surface area contributed by atoms with Crippen molar-refractivity contribution in [1.82, 2.24) is 0 Å². The van der Waals surface area contributed by atoms with Gasteiger partial charge in [-0.15, -0.1) is 0 Å². The Morgan fingerprint density at radius 1 is 1.25 bits per heavy atom. The molecule has 0 aliphatic rings. The molecule has 0 amide bonds. The molecule has 2 N–H and O–H groups in total. The summed E-state index contributed by atoms with van der Waals surface area (Å²) in [6.45, 7) is 4.12. The van der Waals surface area contributed by atoms with Gasteiger partial charge in [0.05, 0.1) is 12.7 Å². The van der Waals surface area contributed by atoms with Crippen LogP contribution in [0.5, 0.6) is 5.75 Å². The van der Waals surface area contributed by atoms with Gasteiger partial charge in [0.15, 0.2) is 0 Å². The van der Waals surface area contributed by atoms with Gasteiger partial charge in [-0.25, -0.2) is 0 Å². The Morgan fingerprint density at radius 2 is 1.90 bits per heavy atom. The lowest BCUT2D eigenvalue weighted by molar-refractivity contribution is -0.137. The van der Waals surface area contributed by atoms with Crippen molar-refractivity contribution >= 4 is 0 Å². The van der Waals surface area contributed by atoms with E-state index in [1.165, 1.54) is 13.2 Å². The number of aryl methyl sites for hydroxylation is 1. The van der Waals surface area contributed by atoms with Gasteiger partial charge in [-0.3, -0.25) is 0 Å². The fourth-order valence-corrected chi connectivity index (χ4v) is 1.99. The number of hydrogen-bond acceptors (Lipinski definition) is 2. The van der Waals surface area contributed by atoms with Gasteiger partial charge in [-0.2, -0.15) is 13.2 Å². The molecule has 0 heterocycles. The van der Waals surface area contributed by atoms with Crippen LogP contribution in [-0.2, 0) is 12.6 Å². The Labute approximate surface area is 118 Å². The van der Waals surface area contributed by atoms with Gasteiger partial charge in [0.1, 0.15) is 5.75 Å². The van der Waals surface area contributed by atoms with E-state index >= 15 is 0 Å². The normalized spacial score (nSPS) is 13.6. The maximum atomic E-state index is 12.6. The first kappa shape index (κ1) is 16.8. The summed E-state index contributed by atoms with van der Waals surface area (Å²) in [6.07, 6.45) is -1.99. The molecule has 0 saturated carbocycles. The first-order valence-corrected chi connectivity index (χ1v) is 6.75. The van der Waals surface area contributed by atoms with Crippen molar-refractivity contribution in [2.24, 2.45) is 11.7 Å². The summed E-state index contributed by atoms with van der Waals surface area (Å²) in [5, 5.41) is 0. The van der Waals surface area contributed by atoms with Crippen LogP contribution in [0.25, 0.3) is 0 Å². The van der Waals surface area contributed by atoms with E-state index in [4.69, 9.17) is 10.5 Å². The Balaban J connectivity index is 2.71. The molecule has 5 heteroatoms. The maximum absolute atomic E-state index is 12.6. The summed E-state index contributed by atoms with van der Waals surface area (Å²) in [6, 6.07) is 3.76. The van der Waals surface area contributed by atoms with E-state index in [2.05, 4.69) is 13.8 Å². The van der Waals surface area contributed by atoms with Crippen LogP contribution in [0.2, 0.25) is 0 Å². The molecule has 0 fully saturated rings. The zero-order valence-corrected chi connectivity index (χ0v) is 12.1. The highest BCUT2D eigenvalue weighted by molar-refractivity contribution is 5.38. The van der Waals surface area contributed by atoms with E-state index in [1.807, 2.05) is 0 Å². The molecule has 1 aromatic carbocycles. The summed E-state index contributed by atoms with van der Waals surface area (Å²) in [4.78, 5) is 0. The highest BCUT2D eigenvalue weighted by atomic mass is 19.4. The summed E-state index contributed by atoms with van der Waals surface area (Å²) in [5.41, 5.74) is 6.06. The number of methoxy groups -OCH3 is 1. The average molecular weight is 289 g/mol. The number of halogens is 3. The molecule has 0 saturated heterocycles. The van der Waals surface area contributed by atoms with E-state index in [0.717, 1.165) is 30.5 Å². The Morgan fingerprint density at radius 3 is 2.40 bits per heavy atom. The van der Waals surface area contributed by atoms with Crippen LogP contribution in [0.4, 0.5) is 13.2 Å². The van der Waals surface area contributed by atoms with E-state index < -0.39 is 11.7 Å². The molecular formula is C15H22F3NO. The SMILES string of the molecule is COc1cc(C(F)(F)F)ccc1CCCC(N)C(C)C. The average Bonchev–Trinajstić information content (AvgIpc) is 2.37. The molecule has 0 radical (unpaired) electrons. The van der Waals surface area contributed by atoms with Crippen LogP contribution in [0, 0.1) is 5.92 Å². The van der Waals surface area contributed by atoms with Crippen molar-refractivity contribution in [3.63, 3.8) is 0 Å². The molecule has 1 unspecified atom stereocenters. The van der Waals surface area contributed by atoms with Crippen molar-refractivity contribution in [1.29, 1.82) is 0 Å². The molecule has 0 bridgehead atoms.